The molecule has 4 aliphatic rings. The third-order valence-corrected chi connectivity index (χ3v) is 15.4. The minimum absolute atomic E-state index is 0.0293. The summed E-state index contributed by atoms with van der Waals surface area (Å²) in [6.07, 6.45) is -6.68. The molecular formula is C48H47ClF10N10O5S. The van der Waals surface area contributed by atoms with Crippen molar-refractivity contribution in [2.45, 2.75) is 120 Å². The van der Waals surface area contributed by atoms with Crippen molar-refractivity contribution >= 4 is 55.3 Å². The van der Waals surface area contributed by atoms with Gasteiger partial charge in [-0.1, -0.05) is 11.6 Å². The zero-order valence-corrected chi connectivity index (χ0v) is 41.4. The molecule has 0 radical (unpaired) electrons. The number of alkyl halides is 8. The fourth-order valence-electron chi connectivity index (χ4n) is 10.9. The van der Waals surface area contributed by atoms with E-state index in [9.17, 15) is 44.7 Å². The number of amides is 1. The Labute approximate surface area is 425 Å². The van der Waals surface area contributed by atoms with Gasteiger partial charge in [0.1, 0.15) is 35.4 Å². The van der Waals surface area contributed by atoms with E-state index in [4.69, 9.17) is 16.6 Å². The van der Waals surface area contributed by atoms with Gasteiger partial charge >= 0.3 is 0 Å². The summed E-state index contributed by atoms with van der Waals surface area (Å²) in [5.74, 6) is -16.5. The number of aliphatic hydroxyl groups is 1. The first-order valence-corrected chi connectivity index (χ1v) is 26.3. The summed E-state index contributed by atoms with van der Waals surface area (Å²) in [5, 5.41) is 21.6. The van der Waals surface area contributed by atoms with Crippen molar-refractivity contribution in [3.05, 3.63) is 103 Å². The summed E-state index contributed by atoms with van der Waals surface area (Å²) < 4.78 is 178. The van der Waals surface area contributed by atoms with Crippen molar-refractivity contribution in [1.29, 1.82) is 0 Å². The molecule has 0 spiro atoms. The predicted molar refractivity (Wildman–Crippen MR) is 252 cm³/mol. The van der Waals surface area contributed by atoms with Gasteiger partial charge in [0.05, 0.1) is 51.9 Å². The van der Waals surface area contributed by atoms with Crippen molar-refractivity contribution in [2.24, 2.45) is 5.92 Å². The lowest BCUT2D eigenvalue weighted by Crippen LogP contribution is -2.40. The number of rotatable bonds is 15. The third kappa shape index (κ3) is 10.2. The van der Waals surface area contributed by atoms with Crippen LogP contribution in [0.4, 0.5) is 49.7 Å². The number of benzene rings is 2. The Kier molecular flexibility index (Phi) is 13.3. The number of anilines is 1. The monoisotopic (exact) mass is 1100 g/mol. The van der Waals surface area contributed by atoms with Crippen LogP contribution in [0.15, 0.2) is 41.2 Å². The van der Waals surface area contributed by atoms with Gasteiger partial charge in [-0.25, -0.2) is 53.5 Å². The highest BCUT2D eigenvalue weighted by molar-refractivity contribution is 7.92. The van der Waals surface area contributed by atoms with Crippen LogP contribution in [0.3, 0.4) is 0 Å². The number of piperidine rings is 1. The molecule has 1 saturated heterocycles. The van der Waals surface area contributed by atoms with Crippen LogP contribution in [0.1, 0.15) is 122 Å². The van der Waals surface area contributed by atoms with Crippen molar-refractivity contribution in [3.63, 3.8) is 0 Å². The number of pyridine rings is 1. The molecule has 5 heterocycles. The number of hydrogen-bond acceptors (Lipinski definition) is 10. The van der Waals surface area contributed by atoms with E-state index in [0.29, 0.717) is 10.7 Å². The van der Waals surface area contributed by atoms with E-state index in [0.717, 1.165) is 23.0 Å². The topological polar surface area (TPSA) is 182 Å². The van der Waals surface area contributed by atoms with Crippen LogP contribution in [0.25, 0.3) is 27.6 Å². The van der Waals surface area contributed by atoms with Gasteiger partial charge in [-0.15, -0.1) is 0 Å². The number of likely N-dealkylation sites (tertiary alicyclic amines) is 1. The lowest BCUT2D eigenvalue weighted by Gasteiger charge is -2.31. The second-order valence-corrected chi connectivity index (χ2v) is 22.1. The number of hydrogen-bond donors (Lipinski definition) is 3. The van der Waals surface area contributed by atoms with E-state index >= 15 is 22.4 Å². The quantitative estimate of drug-likeness (QED) is 0.0840. The Morgan fingerprint density at radius 2 is 1.57 bits per heavy atom. The Morgan fingerprint density at radius 3 is 2.21 bits per heavy atom. The molecule has 3 aliphatic carbocycles. The van der Waals surface area contributed by atoms with Crippen molar-refractivity contribution in [1.82, 2.24) is 44.3 Å². The molecule has 27 heteroatoms. The second kappa shape index (κ2) is 19.0. The first-order valence-electron chi connectivity index (χ1n) is 24.0. The van der Waals surface area contributed by atoms with Crippen molar-refractivity contribution in [2.75, 3.05) is 30.6 Å². The molecule has 1 unspecified atom stereocenters. The fraction of sp³-hybridized carbons (Fsp3) is 0.500. The van der Waals surface area contributed by atoms with Gasteiger partial charge in [0, 0.05) is 80.9 Å². The SMILES string of the molecule is CC(O)c1cc(C2CCC(F)(F)CC2)nc2nc([C@H](Cc3cc(F)cc(F)c3)NC(=O)Cn3nc(C(F)F)c4c3C(F)(F)[C@@H]3C[C@H]43)n(-c3ccc(Cl)c4c(NS(C)(=O)=O)nn(CCN5CCC(F)(F)CC5)c34)c(=O)c12. The largest absolute Gasteiger partial charge is 0.389 e. The summed E-state index contributed by atoms with van der Waals surface area (Å²) in [7, 11) is -4.13. The maximum Gasteiger partial charge on any atom is 0.293 e. The number of carbonyl (C=O) groups is 1. The Balaban J connectivity index is 1.20. The average Bonchev–Trinajstić information content (AvgIpc) is 3.84. The van der Waals surface area contributed by atoms with Gasteiger partial charge in [-0.2, -0.15) is 19.0 Å². The van der Waals surface area contributed by atoms with E-state index < -0.39 is 149 Å². The standard InChI is InChI=1S/C48H47ClF10N10O5S/c1-22(70)27-20-31(24-5-7-46(54,55)8-6-24)61-42-36(27)45(72)69(33-4-3-30(49)37-39(33)67(64-43(37)65-75(2,73)74)14-13-66-11-9-47(56,57)10-12-66)44(62-42)32(17-23-15-25(50)18-26(51)16-23)60-34(71)21-68-40-35(38(63-68)41(52)53)28-19-29(28)48(40,58)59/h3-4,15-16,18,20,22,24,28-29,32,41,70H,5-14,17,19,21H2,1-2H3,(H,60,71)(H,64,65)/t22?,28-,29+,32-/m0/s1. The highest BCUT2D eigenvalue weighted by Crippen LogP contribution is 2.68. The Morgan fingerprint density at radius 1 is 0.907 bits per heavy atom. The van der Waals surface area contributed by atoms with Crippen LogP contribution in [0, 0.1) is 17.6 Å². The lowest BCUT2D eigenvalue weighted by molar-refractivity contribution is -0.123. The van der Waals surface area contributed by atoms with E-state index in [1.54, 1.807) is 4.90 Å². The van der Waals surface area contributed by atoms with E-state index in [-0.39, 0.29) is 101 Å². The summed E-state index contributed by atoms with van der Waals surface area (Å²) in [6, 6.07) is 4.53. The number of aromatic nitrogens is 7. The highest BCUT2D eigenvalue weighted by Gasteiger charge is 2.67. The maximum absolute atomic E-state index is 15.8. The molecule has 75 heavy (non-hydrogen) atoms. The van der Waals surface area contributed by atoms with Gasteiger partial charge in [0.15, 0.2) is 11.5 Å². The molecule has 2 aromatic carbocycles. The van der Waals surface area contributed by atoms with Crippen LogP contribution >= 0.6 is 11.6 Å². The van der Waals surface area contributed by atoms with Crippen molar-refractivity contribution in [3.8, 4) is 5.69 Å². The third-order valence-electron chi connectivity index (χ3n) is 14.5. The summed E-state index contributed by atoms with van der Waals surface area (Å²) in [4.78, 5) is 41.4. The number of halogens is 11. The zero-order chi connectivity index (χ0) is 53.8. The lowest BCUT2D eigenvalue weighted by atomic mass is 9.84. The van der Waals surface area contributed by atoms with Crippen LogP contribution in [-0.2, 0) is 40.3 Å². The van der Waals surface area contributed by atoms with Gasteiger partial charge in [0.2, 0.25) is 21.9 Å². The molecule has 10 rings (SSSR count). The molecule has 4 atom stereocenters. The first-order chi connectivity index (χ1) is 35.2. The first kappa shape index (κ1) is 52.6. The maximum atomic E-state index is 15.8. The van der Waals surface area contributed by atoms with Gasteiger partial charge in [-0.05, 0) is 73.6 Å². The fourth-order valence-corrected chi connectivity index (χ4v) is 11.6. The molecule has 3 N–H and O–H groups in total. The average molecular weight is 1100 g/mol. The van der Waals surface area contributed by atoms with Crippen LogP contribution in [-0.4, -0.2) is 96.2 Å². The molecule has 3 fully saturated rings. The number of aliphatic hydroxyl groups excluding tert-OH is 1. The van der Waals surface area contributed by atoms with Crippen LogP contribution in [0.5, 0.6) is 0 Å². The summed E-state index contributed by atoms with van der Waals surface area (Å²) in [5.41, 5.74) is -3.97. The molecule has 0 bridgehead atoms. The van der Waals surface area contributed by atoms with E-state index in [1.807, 2.05) is 0 Å². The predicted octanol–water partition coefficient (Wildman–Crippen LogP) is 8.95. The molecule has 4 aromatic heterocycles. The molecule has 1 amide bonds. The summed E-state index contributed by atoms with van der Waals surface area (Å²) in [6.45, 7) is 0.0465. The minimum atomic E-state index is -4.13. The zero-order valence-electron chi connectivity index (χ0n) is 39.8. The van der Waals surface area contributed by atoms with Gasteiger partial charge in [-0.3, -0.25) is 28.2 Å². The number of nitrogens with one attached hydrogen (secondary N) is 2. The van der Waals surface area contributed by atoms with E-state index in [1.165, 1.54) is 29.8 Å². The van der Waals surface area contributed by atoms with Crippen LogP contribution < -0.4 is 15.6 Å². The number of carbonyl (C=O) groups excluding carboxylic acids is 1. The summed E-state index contributed by atoms with van der Waals surface area (Å²) >= 11 is 6.82. The molecule has 2 saturated carbocycles. The highest BCUT2D eigenvalue weighted by atomic mass is 35.5. The molecule has 1 aliphatic heterocycles. The smallest absolute Gasteiger partial charge is 0.293 e. The molecule has 15 nitrogen and oxygen atoms in total. The molecule has 6 aromatic rings. The minimum Gasteiger partial charge on any atom is -0.389 e. The Hall–Kier alpha value is -5.86. The number of fused-ring (bicyclic) bond motifs is 5. The van der Waals surface area contributed by atoms with Gasteiger partial charge < -0.3 is 15.3 Å². The van der Waals surface area contributed by atoms with Crippen LogP contribution in [0.2, 0.25) is 5.02 Å². The normalized spacial score (nSPS) is 21.1. The Bertz CT molecular complexity index is 3420. The number of nitrogens with zero attached hydrogens (tertiary/aromatic N) is 8. The number of sulfonamides is 1. The second-order valence-electron chi connectivity index (χ2n) is 20.0. The molecular weight excluding hydrogens is 1050 g/mol. The molecule has 402 valence electrons. The van der Waals surface area contributed by atoms with E-state index in [2.05, 4.69) is 25.2 Å². The van der Waals surface area contributed by atoms with Gasteiger partial charge in [0.25, 0.3) is 23.8 Å². The van der Waals surface area contributed by atoms with Crippen molar-refractivity contribution < 1.29 is 62.2 Å².